The van der Waals surface area contributed by atoms with Crippen LogP contribution in [0.15, 0.2) is 0 Å². The Kier molecular flexibility index (Phi) is 6.17. The van der Waals surface area contributed by atoms with Gasteiger partial charge < -0.3 is 14.4 Å². The number of ether oxygens (including phenoxy) is 2. The summed E-state index contributed by atoms with van der Waals surface area (Å²) in [5.74, 6) is 0. The minimum atomic E-state index is -0.431. The third-order valence-electron chi connectivity index (χ3n) is 4.54. The minimum Gasteiger partial charge on any atom is -0.444 e. The van der Waals surface area contributed by atoms with Gasteiger partial charge in [-0.2, -0.15) is 0 Å². The molecule has 1 saturated carbocycles. The van der Waals surface area contributed by atoms with Gasteiger partial charge in [0.05, 0.1) is 11.7 Å². The minimum absolute atomic E-state index is 0.111. The maximum atomic E-state index is 12.2. The number of amides is 1. The Labute approximate surface area is 143 Å². The van der Waals surface area contributed by atoms with E-state index in [0.29, 0.717) is 19.2 Å². The van der Waals surface area contributed by atoms with Gasteiger partial charge in [-0.05, 0) is 46.5 Å². The number of rotatable bonds is 3. The molecule has 4 nitrogen and oxygen atoms in total. The number of alkyl halides is 1. The number of likely N-dealkylation sites (tertiary alicyclic amines) is 1. The average Bonchev–Trinajstić information content (AvgIpc) is 2.47. The van der Waals surface area contributed by atoms with Crippen LogP contribution in [0.25, 0.3) is 0 Å². The van der Waals surface area contributed by atoms with Gasteiger partial charge in [-0.15, -0.1) is 0 Å². The second kappa shape index (κ2) is 7.52. The van der Waals surface area contributed by atoms with Gasteiger partial charge in [0.2, 0.25) is 0 Å². The number of nitrogens with zero attached hydrogens (tertiary/aromatic N) is 1. The van der Waals surface area contributed by atoms with Crippen molar-refractivity contribution in [2.75, 3.05) is 18.4 Å². The highest BCUT2D eigenvalue weighted by molar-refractivity contribution is 9.09. The highest BCUT2D eigenvalue weighted by Crippen LogP contribution is 2.34. The van der Waals surface area contributed by atoms with Crippen LogP contribution in [0.4, 0.5) is 4.79 Å². The molecule has 0 unspecified atom stereocenters. The van der Waals surface area contributed by atoms with E-state index in [-0.39, 0.29) is 11.7 Å². The Morgan fingerprint density at radius 2 is 1.77 bits per heavy atom. The van der Waals surface area contributed by atoms with Crippen LogP contribution in [0, 0.1) is 0 Å². The molecule has 5 heteroatoms. The number of piperidine rings is 1. The fraction of sp³-hybridized carbons (Fsp3) is 0.941. The maximum absolute atomic E-state index is 12.2. The van der Waals surface area contributed by atoms with Crippen molar-refractivity contribution >= 4 is 22.0 Å². The molecule has 1 amide bonds. The van der Waals surface area contributed by atoms with Gasteiger partial charge in [0.1, 0.15) is 5.60 Å². The van der Waals surface area contributed by atoms with Crippen LogP contribution < -0.4 is 0 Å². The molecular weight excluding hydrogens is 346 g/mol. The van der Waals surface area contributed by atoms with Crippen LogP contribution in [0.2, 0.25) is 0 Å². The summed E-state index contributed by atoms with van der Waals surface area (Å²) in [7, 11) is 0. The van der Waals surface area contributed by atoms with E-state index in [4.69, 9.17) is 9.47 Å². The lowest BCUT2D eigenvalue weighted by molar-refractivity contribution is -0.117. The van der Waals surface area contributed by atoms with Crippen LogP contribution in [-0.2, 0) is 9.47 Å². The molecule has 22 heavy (non-hydrogen) atoms. The predicted octanol–water partition coefficient (Wildman–Crippen LogP) is 4.50. The highest BCUT2D eigenvalue weighted by atomic mass is 79.9. The zero-order chi connectivity index (χ0) is 16.2. The molecule has 0 spiro atoms. The van der Waals surface area contributed by atoms with E-state index in [0.717, 1.165) is 18.2 Å². The van der Waals surface area contributed by atoms with Gasteiger partial charge >= 0.3 is 6.09 Å². The molecule has 1 aliphatic carbocycles. The number of carbonyl (C=O) groups is 1. The molecule has 0 radical (unpaired) electrons. The van der Waals surface area contributed by atoms with Crippen molar-refractivity contribution in [3.05, 3.63) is 0 Å². The fourth-order valence-corrected chi connectivity index (χ4v) is 3.94. The van der Waals surface area contributed by atoms with Crippen LogP contribution in [0.5, 0.6) is 0 Å². The first kappa shape index (κ1) is 18.1. The Morgan fingerprint density at radius 1 is 1.18 bits per heavy atom. The van der Waals surface area contributed by atoms with Crippen LogP contribution >= 0.6 is 15.9 Å². The Bertz CT molecular complexity index is 367. The maximum Gasteiger partial charge on any atom is 0.410 e. The fourth-order valence-electron chi connectivity index (χ4n) is 3.24. The summed E-state index contributed by atoms with van der Waals surface area (Å²) in [4.78, 5) is 14.0. The number of carbonyl (C=O) groups excluding carboxylic acids is 1. The highest BCUT2D eigenvalue weighted by Gasteiger charge is 2.39. The molecule has 2 aliphatic rings. The summed E-state index contributed by atoms with van der Waals surface area (Å²) in [5, 5.41) is 0.846. The SMILES string of the molecule is CC(C)(C)OC(=O)N1CCC(CBr)(OC2CCCCC2)CC1. The van der Waals surface area contributed by atoms with E-state index in [1.165, 1.54) is 32.1 Å². The summed E-state index contributed by atoms with van der Waals surface area (Å²) in [6.07, 6.45) is 8.25. The van der Waals surface area contributed by atoms with Crippen LogP contribution in [-0.4, -0.2) is 46.7 Å². The third kappa shape index (κ3) is 5.12. The second-order valence-corrected chi connectivity index (χ2v) is 8.22. The van der Waals surface area contributed by atoms with Crippen molar-refractivity contribution in [2.24, 2.45) is 0 Å². The monoisotopic (exact) mass is 375 g/mol. The molecular formula is C17H30BrNO3. The molecule has 0 N–H and O–H groups in total. The first-order valence-corrected chi connectivity index (χ1v) is 9.67. The summed E-state index contributed by atoms with van der Waals surface area (Å²) >= 11 is 3.64. The van der Waals surface area contributed by atoms with Gasteiger partial charge in [-0.1, -0.05) is 35.2 Å². The van der Waals surface area contributed by atoms with E-state index in [1.54, 1.807) is 0 Å². The first-order valence-electron chi connectivity index (χ1n) is 8.55. The third-order valence-corrected chi connectivity index (χ3v) is 5.56. The lowest BCUT2D eigenvalue weighted by Gasteiger charge is -2.43. The molecule has 1 heterocycles. The average molecular weight is 376 g/mol. The number of halogens is 1. The van der Waals surface area contributed by atoms with Crippen molar-refractivity contribution < 1.29 is 14.3 Å². The zero-order valence-electron chi connectivity index (χ0n) is 14.2. The molecule has 0 bridgehead atoms. The molecule has 128 valence electrons. The topological polar surface area (TPSA) is 38.8 Å². The van der Waals surface area contributed by atoms with Gasteiger partial charge in [-0.3, -0.25) is 0 Å². The van der Waals surface area contributed by atoms with E-state index in [1.807, 2.05) is 25.7 Å². The van der Waals surface area contributed by atoms with Gasteiger partial charge in [0, 0.05) is 18.4 Å². The molecule has 0 aromatic carbocycles. The summed E-state index contributed by atoms with van der Waals surface area (Å²) in [5.41, 5.74) is -0.542. The first-order chi connectivity index (χ1) is 10.3. The lowest BCUT2D eigenvalue weighted by atomic mass is 9.91. The zero-order valence-corrected chi connectivity index (χ0v) is 15.8. The summed E-state index contributed by atoms with van der Waals surface area (Å²) in [6, 6.07) is 0. The standard InChI is InChI=1S/C17H30BrNO3/c1-16(2,3)22-15(20)19-11-9-17(13-18,10-12-19)21-14-7-5-4-6-8-14/h14H,4-13H2,1-3H3. The van der Waals surface area contributed by atoms with E-state index >= 15 is 0 Å². The Morgan fingerprint density at radius 3 is 2.27 bits per heavy atom. The van der Waals surface area contributed by atoms with Crippen molar-refractivity contribution in [3.63, 3.8) is 0 Å². The smallest absolute Gasteiger partial charge is 0.410 e. The molecule has 2 rings (SSSR count). The van der Waals surface area contributed by atoms with E-state index < -0.39 is 5.60 Å². The lowest BCUT2D eigenvalue weighted by Crippen LogP contribution is -2.51. The molecule has 0 atom stereocenters. The van der Waals surface area contributed by atoms with Crippen molar-refractivity contribution in [1.29, 1.82) is 0 Å². The normalized spacial score (nSPS) is 23.4. The largest absolute Gasteiger partial charge is 0.444 e. The number of hydrogen-bond acceptors (Lipinski definition) is 3. The van der Waals surface area contributed by atoms with Gasteiger partial charge in [0.15, 0.2) is 0 Å². The molecule has 2 fully saturated rings. The Hall–Kier alpha value is -0.290. The van der Waals surface area contributed by atoms with Crippen LogP contribution in [0.3, 0.4) is 0 Å². The van der Waals surface area contributed by atoms with Crippen molar-refractivity contribution in [2.45, 2.75) is 83.0 Å². The van der Waals surface area contributed by atoms with Gasteiger partial charge in [0.25, 0.3) is 0 Å². The molecule has 0 aromatic heterocycles. The van der Waals surface area contributed by atoms with Crippen molar-refractivity contribution in [1.82, 2.24) is 4.90 Å². The van der Waals surface area contributed by atoms with E-state index in [9.17, 15) is 4.79 Å². The summed E-state index contributed by atoms with van der Waals surface area (Å²) < 4.78 is 11.9. The van der Waals surface area contributed by atoms with Crippen LogP contribution in [0.1, 0.15) is 65.7 Å². The molecule has 1 saturated heterocycles. The Balaban J connectivity index is 1.86. The quantitative estimate of drug-likeness (QED) is 0.681. The second-order valence-electron chi connectivity index (χ2n) is 7.66. The van der Waals surface area contributed by atoms with E-state index in [2.05, 4.69) is 15.9 Å². The summed E-state index contributed by atoms with van der Waals surface area (Å²) in [6.45, 7) is 7.15. The van der Waals surface area contributed by atoms with Crippen molar-refractivity contribution in [3.8, 4) is 0 Å². The predicted molar refractivity (Wildman–Crippen MR) is 91.5 cm³/mol. The molecule has 0 aromatic rings. The molecule has 1 aliphatic heterocycles. The number of hydrogen-bond donors (Lipinski definition) is 0. The van der Waals surface area contributed by atoms with Gasteiger partial charge in [-0.25, -0.2) is 4.79 Å².